The van der Waals surface area contributed by atoms with Crippen LogP contribution in [0.15, 0.2) is 60.7 Å². The lowest BCUT2D eigenvalue weighted by Crippen LogP contribution is -2.42. The van der Waals surface area contributed by atoms with E-state index in [0.29, 0.717) is 24.3 Å². The Kier molecular flexibility index (Phi) is 10.4. The maximum absolute atomic E-state index is 13.4. The monoisotopic (exact) mass is 593 g/mol. The number of unbranched alkanes of at least 4 members (excludes halogenated alkanes) is 1. The van der Waals surface area contributed by atoms with E-state index in [1.165, 1.54) is 5.56 Å². The lowest BCUT2D eigenvalue weighted by molar-refractivity contribution is -0.139. The van der Waals surface area contributed by atoms with Crippen LogP contribution < -0.4 is 10.1 Å². The normalized spacial score (nSPS) is 14.1. The Morgan fingerprint density at radius 3 is 2.55 bits per heavy atom. The van der Waals surface area contributed by atoms with Gasteiger partial charge in [-0.05, 0) is 71.3 Å². The fraction of sp³-hybridized carbons (Fsp3) is 0.394. The Bertz CT molecular complexity index is 1530. The third kappa shape index (κ3) is 8.20. The number of carbonyl (C=O) groups is 2. The molecule has 1 aliphatic heterocycles. The quantitative estimate of drug-likeness (QED) is 0.247. The smallest absolute Gasteiger partial charge is 0.326 e. The molecule has 0 saturated carbocycles. The topological polar surface area (TPSA) is 119 Å². The molecule has 1 heterocycles. The second-order valence-corrected chi connectivity index (χ2v) is 13.1. The van der Waals surface area contributed by atoms with E-state index in [0.717, 1.165) is 59.9 Å². The highest BCUT2D eigenvalue weighted by Crippen LogP contribution is 2.33. The summed E-state index contributed by atoms with van der Waals surface area (Å²) in [6.07, 6.45) is 4.54. The van der Waals surface area contributed by atoms with E-state index >= 15 is 0 Å². The number of ether oxygens (including phenoxy) is 2. The van der Waals surface area contributed by atoms with Crippen molar-refractivity contribution in [2.75, 3.05) is 18.6 Å². The summed E-state index contributed by atoms with van der Waals surface area (Å²) in [5.74, 6) is -1.29. The Balaban J connectivity index is 1.60. The molecule has 1 aliphatic rings. The van der Waals surface area contributed by atoms with Crippen molar-refractivity contribution in [2.24, 2.45) is 0 Å². The molecule has 0 fully saturated rings. The summed E-state index contributed by atoms with van der Waals surface area (Å²) in [5.41, 5.74) is 5.91. The van der Waals surface area contributed by atoms with Crippen molar-refractivity contribution in [1.29, 1.82) is 0 Å². The van der Waals surface area contributed by atoms with Gasteiger partial charge in [0, 0.05) is 18.2 Å². The summed E-state index contributed by atoms with van der Waals surface area (Å²) < 4.78 is 35.5. The molecule has 0 aliphatic carbocycles. The number of sulfone groups is 1. The van der Waals surface area contributed by atoms with Crippen molar-refractivity contribution in [1.82, 2.24) is 5.32 Å². The number of nitrogens with one attached hydrogen (secondary N) is 1. The SMILES string of the molecule is CCCC[C@H](OCc1ccc(C(=O)N[C@@H](CCS(C)(=O)=O)C(=O)O)c(-c2ccccc2C)c1)c1ccc2c(c1)OCC2. The average Bonchev–Trinajstić information content (AvgIpc) is 3.43. The Labute approximate surface area is 248 Å². The number of hydrogen-bond acceptors (Lipinski definition) is 6. The Morgan fingerprint density at radius 1 is 1.05 bits per heavy atom. The first kappa shape index (κ1) is 31.3. The molecule has 0 bridgehead atoms. The highest BCUT2D eigenvalue weighted by molar-refractivity contribution is 7.90. The fourth-order valence-electron chi connectivity index (χ4n) is 5.12. The van der Waals surface area contributed by atoms with Crippen LogP contribution in [0.2, 0.25) is 0 Å². The van der Waals surface area contributed by atoms with Crippen LogP contribution in [0.3, 0.4) is 0 Å². The van der Waals surface area contributed by atoms with Gasteiger partial charge >= 0.3 is 5.97 Å². The first-order valence-corrected chi connectivity index (χ1v) is 16.4. The molecule has 0 spiro atoms. The second kappa shape index (κ2) is 14.0. The number of aryl methyl sites for hydroxylation is 1. The molecule has 42 heavy (non-hydrogen) atoms. The number of hydrogen-bond donors (Lipinski definition) is 2. The van der Waals surface area contributed by atoms with Crippen LogP contribution in [-0.2, 0) is 32.4 Å². The summed E-state index contributed by atoms with van der Waals surface area (Å²) in [6, 6.07) is 18.0. The standard InChI is InChI=1S/C33H39NO7S/c1-4-5-10-30(25-13-12-24-15-17-40-31(24)20-25)41-21-23-11-14-27(28(19-23)26-9-7-6-8-22(26)2)32(35)34-29(33(36)37)16-18-42(3,38)39/h6-9,11-14,19-20,29-30H,4-5,10,15-18,21H2,1-3H3,(H,34,35)(H,36,37)/t29-,30-/m0/s1. The molecular formula is C33H39NO7S. The molecule has 9 heteroatoms. The van der Waals surface area contributed by atoms with Gasteiger partial charge in [-0.2, -0.15) is 0 Å². The largest absolute Gasteiger partial charge is 0.493 e. The minimum Gasteiger partial charge on any atom is -0.493 e. The van der Waals surface area contributed by atoms with Gasteiger partial charge in [0.1, 0.15) is 21.6 Å². The van der Waals surface area contributed by atoms with Crippen molar-refractivity contribution < 1.29 is 32.6 Å². The molecule has 0 aromatic heterocycles. The molecule has 8 nitrogen and oxygen atoms in total. The van der Waals surface area contributed by atoms with Gasteiger partial charge in [-0.1, -0.05) is 62.2 Å². The van der Waals surface area contributed by atoms with Crippen molar-refractivity contribution in [3.05, 3.63) is 88.5 Å². The Morgan fingerprint density at radius 2 is 1.83 bits per heavy atom. The summed E-state index contributed by atoms with van der Waals surface area (Å²) in [7, 11) is -3.39. The lowest BCUT2D eigenvalue weighted by atomic mass is 9.93. The van der Waals surface area contributed by atoms with Crippen LogP contribution >= 0.6 is 0 Å². The van der Waals surface area contributed by atoms with E-state index < -0.39 is 27.8 Å². The predicted molar refractivity (Wildman–Crippen MR) is 163 cm³/mol. The van der Waals surface area contributed by atoms with Gasteiger partial charge in [0.15, 0.2) is 0 Å². The zero-order chi connectivity index (χ0) is 30.3. The minimum atomic E-state index is -3.39. The summed E-state index contributed by atoms with van der Waals surface area (Å²) >= 11 is 0. The van der Waals surface area contributed by atoms with Crippen molar-refractivity contribution >= 4 is 21.7 Å². The lowest BCUT2D eigenvalue weighted by Gasteiger charge is -2.20. The van der Waals surface area contributed by atoms with Crippen LogP contribution in [0.5, 0.6) is 5.75 Å². The molecule has 2 N–H and O–H groups in total. The number of benzene rings is 3. The van der Waals surface area contributed by atoms with Crippen LogP contribution in [0.25, 0.3) is 11.1 Å². The van der Waals surface area contributed by atoms with Gasteiger partial charge in [0.05, 0.1) is 25.1 Å². The highest BCUT2D eigenvalue weighted by Gasteiger charge is 2.25. The van der Waals surface area contributed by atoms with E-state index in [9.17, 15) is 23.1 Å². The zero-order valence-electron chi connectivity index (χ0n) is 24.4. The molecule has 3 aromatic carbocycles. The molecular weight excluding hydrogens is 554 g/mol. The first-order chi connectivity index (χ1) is 20.1. The third-order valence-corrected chi connectivity index (χ3v) is 8.48. The third-order valence-electron chi connectivity index (χ3n) is 7.51. The van der Waals surface area contributed by atoms with Crippen LogP contribution in [0, 0.1) is 6.92 Å². The maximum atomic E-state index is 13.4. The summed E-state index contributed by atoms with van der Waals surface area (Å²) in [6.45, 7) is 5.12. The van der Waals surface area contributed by atoms with Gasteiger partial charge in [0.25, 0.3) is 5.91 Å². The molecule has 0 radical (unpaired) electrons. The van der Waals surface area contributed by atoms with E-state index in [2.05, 4.69) is 30.4 Å². The summed E-state index contributed by atoms with van der Waals surface area (Å²) in [4.78, 5) is 25.2. The van der Waals surface area contributed by atoms with Gasteiger partial charge in [-0.3, -0.25) is 4.79 Å². The average molecular weight is 594 g/mol. The van der Waals surface area contributed by atoms with Crippen LogP contribution in [0.4, 0.5) is 0 Å². The molecule has 2 atom stereocenters. The van der Waals surface area contributed by atoms with E-state index in [4.69, 9.17) is 9.47 Å². The van der Waals surface area contributed by atoms with Crippen LogP contribution in [-0.4, -0.2) is 50.1 Å². The molecule has 0 unspecified atom stereocenters. The predicted octanol–water partition coefficient (Wildman–Crippen LogP) is 5.66. The minimum absolute atomic E-state index is 0.115. The van der Waals surface area contributed by atoms with E-state index in [1.807, 2.05) is 43.3 Å². The van der Waals surface area contributed by atoms with E-state index in [1.54, 1.807) is 6.07 Å². The van der Waals surface area contributed by atoms with Gasteiger partial charge in [-0.15, -0.1) is 0 Å². The zero-order valence-corrected chi connectivity index (χ0v) is 25.2. The maximum Gasteiger partial charge on any atom is 0.326 e. The number of carboxylic acid groups (broad SMARTS) is 1. The van der Waals surface area contributed by atoms with Gasteiger partial charge < -0.3 is 19.9 Å². The molecule has 4 rings (SSSR count). The number of carbonyl (C=O) groups excluding carboxylic acids is 1. The highest BCUT2D eigenvalue weighted by atomic mass is 32.2. The number of carboxylic acids is 1. The molecule has 1 amide bonds. The molecule has 224 valence electrons. The van der Waals surface area contributed by atoms with Crippen molar-refractivity contribution in [2.45, 2.75) is 64.7 Å². The van der Waals surface area contributed by atoms with E-state index in [-0.39, 0.29) is 18.3 Å². The first-order valence-electron chi connectivity index (χ1n) is 14.3. The van der Waals surface area contributed by atoms with Crippen molar-refractivity contribution in [3.63, 3.8) is 0 Å². The number of aliphatic carboxylic acids is 1. The molecule has 3 aromatic rings. The van der Waals surface area contributed by atoms with Crippen LogP contribution in [0.1, 0.15) is 71.3 Å². The van der Waals surface area contributed by atoms with Crippen molar-refractivity contribution in [3.8, 4) is 16.9 Å². The second-order valence-electron chi connectivity index (χ2n) is 10.9. The molecule has 0 saturated heterocycles. The number of rotatable bonds is 14. The Hall–Kier alpha value is -3.69. The number of fused-ring (bicyclic) bond motifs is 1. The summed E-state index contributed by atoms with van der Waals surface area (Å²) in [5, 5.41) is 12.2. The van der Waals surface area contributed by atoms with Gasteiger partial charge in [0.2, 0.25) is 0 Å². The number of amides is 1. The van der Waals surface area contributed by atoms with Gasteiger partial charge in [-0.25, -0.2) is 13.2 Å². The fourth-order valence-corrected chi connectivity index (χ4v) is 5.78.